The van der Waals surface area contributed by atoms with Crippen LogP contribution in [-0.4, -0.2) is 56.3 Å². The first kappa shape index (κ1) is 17.8. The highest BCUT2D eigenvalue weighted by Crippen LogP contribution is 2.30. The first-order chi connectivity index (χ1) is 12.6. The first-order valence-electron chi connectivity index (χ1n) is 9.60. The zero-order valence-electron chi connectivity index (χ0n) is 15.0. The van der Waals surface area contributed by atoms with E-state index in [9.17, 15) is 13.2 Å². The van der Waals surface area contributed by atoms with Crippen LogP contribution in [0.1, 0.15) is 37.7 Å². The third kappa shape index (κ3) is 3.34. The Morgan fingerprint density at radius 1 is 1.04 bits per heavy atom. The van der Waals surface area contributed by atoms with Crippen molar-refractivity contribution >= 4 is 15.9 Å². The summed E-state index contributed by atoms with van der Waals surface area (Å²) in [5, 5.41) is 0. The fourth-order valence-corrected chi connectivity index (χ4v) is 5.70. The Balaban J connectivity index is 1.41. The second-order valence-electron chi connectivity index (χ2n) is 7.43. The van der Waals surface area contributed by atoms with Crippen molar-refractivity contribution in [3.8, 4) is 5.75 Å². The Morgan fingerprint density at radius 2 is 1.77 bits per heavy atom. The van der Waals surface area contributed by atoms with Crippen LogP contribution in [0.3, 0.4) is 0 Å². The van der Waals surface area contributed by atoms with Gasteiger partial charge in [0.15, 0.2) is 0 Å². The molecule has 0 radical (unpaired) electrons. The summed E-state index contributed by atoms with van der Waals surface area (Å²) in [6, 6.07) is 5.11. The predicted octanol–water partition coefficient (Wildman–Crippen LogP) is 2.03. The fourth-order valence-electron chi connectivity index (χ4n) is 4.23. The summed E-state index contributed by atoms with van der Waals surface area (Å²) in [6.45, 7) is 2.33. The van der Waals surface area contributed by atoms with Crippen LogP contribution in [0.15, 0.2) is 23.1 Å². The van der Waals surface area contributed by atoms with Gasteiger partial charge in [-0.3, -0.25) is 4.79 Å². The lowest BCUT2D eigenvalue weighted by molar-refractivity contribution is -0.137. The maximum atomic E-state index is 12.9. The molecule has 2 heterocycles. The maximum absolute atomic E-state index is 12.9. The molecule has 1 amide bonds. The van der Waals surface area contributed by atoms with Crippen molar-refractivity contribution in [3.05, 3.63) is 23.8 Å². The lowest BCUT2D eigenvalue weighted by atomic mass is 9.88. The zero-order valence-corrected chi connectivity index (χ0v) is 15.8. The van der Waals surface area contributed by atoms with Gasteiger partial charge in [0.05, 0.1) is 11.5 Å². The molecule has 1 saturated carbocycles. The Labute approximate surface area is 155 Å². The smallest absolute Gasteiger partial charge is 0.243 e. The Bertz CT molecular complexity index is 779. The predicted molar refractivity (Wildman–Crippen MR) is 97.6 cm³/mol. The van der Waals surface area contributed by atoms with Gasteiger partial charge in [-0.1, -0.05) is 19.3 Å². The summed E-state index contributed by atoms with van der Waals surface area (Å²) < 4.78 is 32.9. The zero-order chi connectivity index (χ0) is 18.1. The molecule has 1 aliphatic carbocycles. The number of ether oxygens (including phenoxy) is 1. The van der Waals surface area contributed by atoms with Gasteiger partial charge in [0.2, 0.25) is 15.9 Å². The van der Waals surface area contributed by atoms with Gasteiger partial charge in [-0.15, -0.1) is 0 Å². The van der Waals surface area contributed by atoms with E-state index >= 15 is 0 Å². The number of benzene rings is 1. The van der Waals surface area contributed by atoms with E-state index in [0.29, 0.717) is 37.7 Å². The number of carbonyl (C=O) groups excluding carboxylic acids is 1. The minimum atomic E-state index is -3.52. The number of piperazine rings is 1. The number of hydrogen-bond acceptors (Lipinski definition) is 4. The molecule has 26 heavy (non-hydrogen) atoms. The molecule has 1 saturated heterocycles. The van der Waals surface area contributed by atoms with Crippen LogP contribution in [0.4, 0.5) is 0 Å². The Hall–Kier alpha value is -1.60. The number of rotatable bonds is 3. The van der Waals surface area contributed by atoms with Gasteiger partial charge in [0.1, 0.15) is 5.75 Å². The second-order valence-corrected chi connectivity index (χ2v) is 9.37. The fraction of sp³-hybridized carbons (Fsp3) is 0.632. The molecule has 7 heteroatoms. The number of sulfonamides is 1. The van der Waals surface area contributed by atoms with Crippen molar-refractivity contribution in [2.45, 2.75) is 43.4 Å². The number of fused-ring (bicyclic) bond motifs is 1. The van der Waals surface area contributed by atoms with Gasteiger partial charge in [0.25, 0.3) is 0 Å². The number of hydrogen-bond donors (Lipinski definition) is 0. The quantitative estimate of drug-likeness (QED) is 0.807. The summed E-state index contributed by atoms with van der Waals surface area (Å²) in [7, 11) is -3.52. The topological polar surface area (TPSA) is 66.9 Å². The van der Waals surface area contributed by atoms with E-state index in [1.165, 1.54) is 10.7 Å². The first-order valence-corrected chi connectivity index (χ1v) is 11.0. The summed E-state index contributed by atoms with van der Waals surface area (Å²) in [4.78, 5) is 14.8. The second kappa shape index (κ2) is 7.19. The molecular weight excluding hydrogens is 352 g/mol. The van der Waals surface area contributed by atoms with E-state index in [-0.39, 0.29) is 11.8 Å². The van der Waals surface area contributed by atoms with Crippen LogP contribution in [0.5, 0.6) is 5.75 Å². The average molecular weight is 378 g/mol. The van der Waals surface area contributed by atoms with Crippen molar-refractivity contribution in [3.63, 3.8) is 0 Å². The van der Waals surface area contributed by atoms with Crippen LogP contribution in [0, 0.1) is 5.92 Å². The van der Waals surface area contributed by atoms with Crippen LogP contribution in [0.2, 0.25) is 0 Å². The molecule has 0 spiro atoms. The highest BCUT2D eigenvalue weighted by molar-refractivity contribution is 7.89. The van der Waals surface area contributed by atoms with Crippen LogP contribution in [-0.2, 0) is 21.2 Å². The lowest BCUT2D eigenvalue weighted by Gasteiger charge is -2.36. The van der Waals surface area contributed by atoms with E-state index in [0.717, 1.165) is 43.4 Å². The average Bonchev–Trinajstić information content (AvgIpc) is 3.16. The summed E-state index contributed by atoms with van der Waals surface area (Å²) in [6.07, 6.45) is 6.20. The van der Waals surface area contributed by atoms with E-state index < -0.39 is 10.0 Å². The summed E-state index contributed by atoms with van der Waals surface area (Å²) >= 11 is 0. The standard InChI is InChI=1S/C19H26N2O4S/c22-19(15-4-2-1-3-5-15)20-9-11-21(12-10-20)26(23,24)17-6-7-18-16(14-17)8-13-25-18/h6-7,14-15H,1-5,8-13H2. The van der Waals surface area contributed by atoms with Crippen molar-refractivity contribution in [2.75, 3.05) is 32.8 Å². The van der Waals surface area contributed by atoms with Gasteiger partial charge < -0.3 is 9.64 Å². The monoisotopic (exact) mass is 378 g/mol. The SMILES string of the molecule is O=C(C1CCCCC1)N1CCN(S(=O)(=O)c2ccc3c(c2)CCO3)CC1. The third-order valence-electron chi connectivity index (χ3n) is 5.80. The Morgan fingerprint density at radius 3 is 2.50 bits per heavy atom. The number of amides is 1. The van der Waals surface area contributed by atoms with E-state index in [2.05, 4.69) is 0 Å². The third-order valence-corrected chi connectivity index (χ3v) is 7.70. The molecule has 4 rings (SSSR count). The molecule has 0 unspecified atom stereocenters. The highest BCUT2D eigenvalue weighted by atomic mass is 32.2. The molecule has 0 N–H and O–H groups in total. The molecule has 142 valence electrons. The molecule has 1 aromatic rings. The van der Waals surface area contributed by atoms with E-state index in [1.54, 1.807) is 18.2 Å². The van der Waals surface area contributed by atoms with Gasteiger partial charge in [-0.2, -0.15) is 4.31 Å². The van der Waals surface area contributed by atoms with Crippen molar-refractivity contribution in [1.82, 2.24) is 9.21 Å². The van der Waals surface area contributed by atoms with E-state index in [1.807, 2.05) is 4.90 Å². The van der Waals surface area contributed by atoms with E-state index in [4.69, 9.17) is 4.74 Å². The Kier molecular flexibility index (Phi) is 4.92. The van der Waals surface area contributed by atoms with Crippen molar-refractivity contribution < 1.29 is 17.9 Å². The van der Waals surface area contributed by atoms with Gasteiger partial charge in [0, 0.05) is 38.5 Å². The lowest BCUT2D eigenvalue weighted by Crippen LogP contribution is -2.52. The largest absolute Gasteiger partial charge is 0.493 e. The van der Waals surface area contributed by atoms with Gasteiger partial charge in [-0.25, -0.2) is 8.42 Å². The minimum absolute atomic E-state index is 0.142. The molecule has 3 aliphatic rings. The number of nitrogens with zero attached hydrogens (tertiary/aromatic N) is 2. The normalized spacial score (nSPS) is 22.1. The molecule has 6 nitrogen and oxygen atoms in total. The van der Waals surface area contributed by atoms with Crippen LogP contribution < -0.4 is 4.74 Å². The van der Waals surface area contributed by atoms with Crippen molar-refractivity contribution in [1.29, 1.82) is 0 Å². The highest BCUT2D eigenvalue weighted by Gasteiger charge is 2.33. The molecule has 0 atom stereocenters. The van der Waals surface area contributed by atoms with Crippen LogP contribution in [0.25, 0.3) is 0 Å². The number of carbonyl (C=O) groups is 1. The molecule has 0 bridgehead atoms. The molecule has 2 aliphatic heterocycles. The summed E-state index contributed by atoms with van der Waals surface area (Å²) in [5.74, 6) is 1.15. The van der Waals surface area contributed by atoms with Crippen molar-refractivity contribution in [2.24, 2.45) is 5.92 Å². The maximum Gasteiger partial charge on any atom is 0.243 e. The molecular formula is C19H26N2O4S. The van der Waals surface area contributed by atoms with Gasteiger partial charge >= 0.3 is 0 Å². The molecule has 1 aromatic carbocycles. The summed E-state index contributed by atoms with van der Waals surface area (Å²) in [5.41, 5.74) is 0.956. The molecule has 0 aromatic heterocycles. The van der Waals surface area contributed by atoms with Crippen LogP contribution >= 0.6 is 0 Å². The molecule has 2 fully saturated rings. The minimum Gasteiger partial charge on any atom is -0.493 e. The van der Waals surface area contributed by atoms with Gasteiger partial charge in [-0.05, 0) is 36.6 Å².